The van der Waals surface area contributed by atoms with Gasteiger partial charge in [-0.3, -0.25) is 4.79 Å². The Morgan fingerprint density at radius 1 is 1.04 bits per heavy atom. The van der Waals surface area contributed by atoms with Gasteiger partial charge in [-0.1, -0.05) is 23.7 Å². The molecule has 128 valence electrons. The van der Waals surface area contributed by atoms with Crippen LogP contribution in [0.5, 0.6) is 0 Å². The molecule has 0 unspecified atom stereocenters. The zero-order chi connectivity index (χ0) is 17.6. The summed E-state index contributed by atoms with van der Waals surface area (Å²) in [5.41, 5.74) is 0.487. The smallest absolute Gasteiger partial charge is 0.375 e. The predicted molar refractivity (Wildman–Crippen MR) is 88.9 cm³/mol. The molecule has 6 nitrogen and oxygen atoms in total. The summed E-state index contributed by atoms with van der Waals surface area (Å²) < 4.78 is 15.5. The van der Waals surface area contributed by atoms with Crippen LogP contribution >= 0.6 is 11.6 Å². The molecule has 2 heterocycles. The van der Waals surface area contributed by atoms with Crippen molar-refractivity contribution in [2.24, 2.45) is 0 Å². The van der Waals surface area contributed by atoms with E-state index in [2.05, 4.69) is 5.32 Å². The number of hydrogen-bond donors (Lipinski definition) is 1. The standard InChI is InChI=1S/C18H14ClNO5/c19-13-7-5-12(6-8-13)16(25-18(22)15-4-2-10-24-15)17(21)20-11-14-3-1-9-23-14/h1-10,16H,11H2,(H,20,21)/t16-/m0/s1. The van der Waals surface area contributed by atoms with Gasteiger partial charge in [-0.15, -0.1) is 0 Å². The van der Waals surface area contributed by atoms with E-state index in [1.807, 2.05) is 0 Å². The molecule has 0 aliphatic heterocycles. The molecule has 0 bridgehead atoms. The van der Waals surface area contributed by atoms with Crippen LogP contribution < -0.4 is 5.32 Å². The Kier molecular flexibility index (Phi) is 5.20. The van der Waals surface area contributed by atoms with Crippen LogP contribution in [0.15, 0.2) is 69.9 Å². The number of nitrogens with one attached hydrogen (secondary N) is 1. The van der Waals surface area contributed by atoms with Gasteiger partial charge < -0.3 is 18.9 Å². The molecule has 25 heavy (non-hydrogen) atoms. The average Bonchev–Trinajstić information content (AvgIpc) is 3.31. The molecular weight excluding hydrogens is 346 g/mol. The normalized spacial score (nSPS) is 11.7. The number of carbonyl (C=O) groups is 2. The number of halogens is 1. The summed E-state index contributed by atoms with van der Waals surface area (Å²) in [6, 6.07) is 12.9. The fourth-order valence-corrected chi connectivity index (χ4v) is 2.28. The third kappa shape index (κ3) is 4.30. The first-order valence-electron chi connectivity index (χ1n) is 7.43. The molecule has 0 saturated heterocycles. The molecule has 0 aliphatic rings. The Bertz CT molecular complexity index is 825. The van der Waals surface area contributed by atoms with Crippen molar-refractivity contribution in [1.82, 2.24) is 5.32 Å². The minimum Gasteiger partial charge on any atom is -0.467 e. The van der Waals surface area contributed by atoms with Crippen molar-refractivity contribution >= 4 is 23.5 Å². The number of benzene rings is 1. The van der Waals surface area contributed by atoms with Crippen LogP contribution in [0.25, 0.3) is 0 Å². The third-order valence-corrected chi connectivity index (χ3v) is 3.63. The average molecular weight is 360 g/mol. The van der Waals surface area contributed by atoms with E-state index < -0.39 is 18.0 Å². The first kappa shape index (κ1) is 16.9. The molecule has 1 atom stereocenters. The molecule has 0 fully saturated rings. The molecule has 3 rings (SSSR count). The number of rotatable bonds is 6. The summed E-state index contributed by atoms with van der Waals surface area (Å²) in [6.45, 7) is 0.175. The van der Waals surface area contributed by atoms with Crippen molar-refractivity contribution in [2.45, 2.75) is 12.6 Å². The molecule has 3 aromatic rings. The number of ether oxygens (including phenoxy) is 1. The summed E-state index contributed by atoms with van der Waals surface area (Å²) in [6.07, 6.45) is 1.71. The molecule has 2 aromatic heterocycles. The second-order valence-electron chi connectivity index (χ2n) is 5.11. The number of furan rings is 2. The Hall–Kier alpha value is -2.99. The minimum atomic E-state index is -1.15. The van der Waals surface area contributed by atoms with E-state index in [9.17, 15) is 9.59 Å². The van der Waals surface area contributed by atoms with Crippen molar-refractivity contribution in [1.29, 1.82) is 0 Å². The highest BCUT2D eigenvalue weighted by molar-refractivity contribution is 6.30. The zero-order valence-corrected chi connectivity index (χ0v) is 13.7. The van der Waals surface area contributed by atoms with Crippen LogP contribution in [0, 0.1) is 0 Å². The van der Waals surface area contributed by atoms with E-state index in [-0.39, 0.29) is 12.3 Å². The summed E-state index contributed by atoms with van der Waals surface area (Å²) in [5, 5.41) is 3.19. The lowest BCUT2D eigenvalue weighted by Crippen LogP contribution is -2.31. The topological polar surface area (TPSA) is 81.7 Å². The monoisotopic (exact) mass is 359 g/mol. The Balaban J connectivity index is 1.76. The van der Waals surface area contributed by atoms with Gasteiger partial charge in [0.15, 0.2) is 0 Å². The quantitative estimate of drug-likeness (QED) is 0.678. The van der Waals surface area contributed by atoms with Crippen LogP contribution in [-0.2, 0) is 16.1 Å². The van der Waals surface area contributed by atoms with E-state index in [4.69, 9.17) is 25.2 Å². The van der Waals surface area contributed by atoms with Gasteiger partial charge in [0.2, 0.25) is 11.9 Å². The van der Waals surface area contributed by atoms with Crippen molar-refractivity contribution in [3.63, 3.8) is 0 Å². The van der Waals surface area contributed by atoms with E-state index in [1.165, 1.54) is 18.6 Å². The van der Waals surface area contributed by atoms with Gasteiger partial charge in [0.05, 0.1) is 19.1 Å². The SMILES string of the molecule is O=C(O[C@H](C(=O)NCc1ccco1)c1ccc(Cl)cc1)c1ccco1. The van der Waals surface area contributed by atoms with Gasteiger partial charge in [-0.25, -0.2) is 4.79 Å². The fraction of sp³-hybridized carbons (Fsp3) is 0.111. The van der Waals surface area contributed by atoms with Gasteiger partial charge in [0.25, 0.3) is 5.91 Å². The molecule has 0 radical (unpaired) electrons. The second-order valence-corrected chi connectivity index (χ2v) is 5.55. The van der Waals surface area contributed by atoms with Crippen LogP contribution in [0.3, 0.4) is 0 Å². The van der Waals surface area contributed by atoms with Crippen molar-refractivity contribution < 1.29 is 23.2 Å². The van der Waals surface area contributed by atoms with Crippen LogP contribution in [0.4, 0.5) is 0 Å². The van der Waals surface area contributed by atoms with Gasteiger partial charge in [-0.2, -0.15) is 0 Å². The molecule has 0 spiro atoms. The molecule has 1 aromatic carbocycles. The summed E-state index contributed by atoms with van der Waals surface area (Å²) >= 11 is 5.88. The summed E-state index contributed by atoms with van der Waals surface area (Å²) in [7, 11) is 0. The highest BCUT2D eigenvalue weighted by Gasteiger charge is 2.26. The highest BCUT2D eigenvalue weighted by Crippen LogP contribution is 2.22. The first-order chi connectivity index (χ1) is 12.1. The van der Waals surface area contributed by atoms with Crippen molar-refractivity contribution in [2.75, 3.05) is 0 Å². The number of carbonyl (C=O) groups excluding carboxylic acids is 2. The maximum atomic E-state index is 12.5. The van der Waals surface area contributed by atoms with E-state index in [0.29, 0.717) is 16.3 Å². The van der Waals surface area contributed by atoms with E-state index >= 15 is 0 Å². The third-order valence-electron chi connectivity index (χ3n) is 3.38. The van der Waals surface area contributed by atoms with E-state index in [1.54, 1.807) is 42.5 Å². The van der Waals surface area contributed by atoms with Crippen molar-refractivity contribution in [3.05, 3.63) is 83.2 Å². The Morgan fingerprint density at radius 2 is 1.76 bits per heavy atom. The highest BCUT2D eigenvalue weighted by atomic mass is 35.5. The van der Waals surface area contributed by atoms with E-state index in [0.717, 1.165) is 0 Å². The summed E-state index contributed by atoms with van der Waals surface area (Å²) in [4.78, 5) is 24.7. The Labute approximate surface area is 148 Å². The first-order valence-corrected chi connectivity index (χ1v) is 7.81. The van der Waals surface area contributed by atoms with Gasteiger partial charge >= 0.3 is 5.97 Å². The lowest BCUT2D eigenvalue weighted by atomic mass is 10.1. The summed E-state index contributed by atoms with van der Waals surface area (Å²) in [5.74, 6) is -0.630. The second kappa shape index (κ2) is 7.72. The number of amides is 1. The lowest BCUT2D eigenvalue weighted by molar-refractivity contribution is -0.130. The molecule has 7 heteroatoms. The lowest BCUT2D eigenvalue weighted by Gasteiger charge is -2.17. The molecular formula is C18H14ClNO5. The maximum absolute atomic E-state index is 12.5. The van der Waals surface area contributed by atoms with Crippen LogP contribution in [0.2, 0.25) is 5.02 Å². The maximum Gasteiger partial charge on any atom is 0.375 e. The van der Waals surface area contributed by atoms with Gasteiger partial charge in [0.1, 0.15) is 5.76 Å². The molecule has 0 aliphatic carbocycles. The number of esters is 1. The molecule has 1 N–H and O–H groups in total. The Morgan fingerprint density at radius 3 is 2.40 bits per heavy atom. The minimum absolute atomic E-state index is 0.0119. The number of hydrogen-bond acceptors (Lipinski definition) is 5. The van der Waals surface area contributed by atoms with Crippen LogP contribution in [-0.4, -0.2) is 11.9 Å². The fourth-order valence-electron chi connectivity index (χ4n) is 2.15. The largest absolute Gasteiger partial charge is 0.467 e. The van der Waals surface area contributed by atoms with Gasteiger partial charge in [-0.05, 0) is 36.4 Å². The van der Waals surface area contributed by atoms with Crippen molar-refractivity contribution in [3.8, 4) is 0 Å². The predicted octanol–water partition coefficient (Wildman–Crippen LogP) is 3.74. The van der Waals surface area contributed by atoms with Gasteiger partial charge in [0, 0.05) is 10.6 Å². The molecule has 1 amide bonds. The molecule has 0 saturated carbocycles. The zero-order valence-electron chi connectivity index (χ0n) is 13.0. The van der Waals surface area contributed by atoms with Crippen LogP contribution in [0.1, 0.15) is 28.0 Å².